The van der Waals surface area contributed by atoms with Gasteiger partial charge in [0, 0.05) is 11.8 Å². The van der Waals surface area contributed by atoms with E-state index in [0.29, 0.717) is 5.69 Å². The van der Waals surface area contributed by atoms with Gasteiger partial charge in [0.2, 0.25) is 0 Å². The molecule has 0 spiro atoms. The molecule has 0 unspecified atom stereocenters. The predicted molar refractivity (Wildman–Crippen MR) is 72.6 cm³/mol. The van der Waals surface area contributed by atoms with Gasteiger partial charge in [0.15, 0.2) is 28.4 Å². The third-order valence-electron chi connectivity index (χ3n) is 2.38. The summed E-state index contributed by atoms with van der Waals surface area (Å²) in [5.74, 6) is -6.09. The third-order valence-corrected chi connectivity index (χ3v) is 2.59. The van der Waals surface area contributed by atoms with E-state index in [2.05, 4.69) is 10.6 Å². The minimum atomic E-state index is -1.54. The van der Waals surface area contributed by atoms with Crippen molar-refractivity contribution in [2.24, 2.45) is 0 Å². The zero-order valence-corrected chi connectivity index (χ0v) is 10.7. The Hall–Kier alpha value is -2.15. The number of thiocarbonyl (C=S) groups is 1. The Bertz CT molecular complexity index is 620. The Morgan fingerprint density at radius 2 is 1.40 bits per heavy atom. The van der Waals surface area contributed by atoms with Crippen molar-refractivity contribution in [2.45, 2.75) is 0 Å². The number of rotatable bonds is 2. The van der Waals surface area contributed by atoms with Gasteiger partial charge >= 0.3 is 0 Å². The molecule has 0 saturated heterocycles. The van der Waals surface area contributed by atoms with Crippen molar-refractivity contribution >= 4 is 28.7 Å². The molecule has 0 radical (unpaired) electrons. The Labute approximate surface area is 117 Å². The fourth-order valence-corrected chi connectivity index (χ4v) is 1.70. The smallest absolute Gasteiger partial charge is 0.185 e. The van der Waals surface area contributed by atoms with E-state index in [1.54, 1.807) is 30.3 Å². The molecule has 0 atom stereocenters. The lowest BCUT2D eigenvalue weighted by Gasteiger charge is -2.12. The van der Waals surface area contributed by atoms with Crippen LogP contribution in [0, 0.1) is 23.3 Å². The van der Waals surface area contributed by atoms with Crippen LogP contribution in [-0.2, 0) is 0 Å². The maximum absolute atomic E-state index is 13.4. The van der Waals surface area contributed by atoms with E-state index in [0.717, 1.165) is 0 Å². The van der Waals surface area contributed by atoms with Crippen LogP contribution in [-0.4, -0.2) is 5.11 Å². The van der Waals surface area contributed by atoms with E-state index in [1.165, 1.54) is 0 Å². The molecule has 2 N–H and O–H groups in total. The van der Waals surface area contributed by atoms with Crippen LogP contribution in [0.1, 0.15) is 0 Å². The molecule has 2 aromatic carbocycles. The third kappa shape index (κ3) is 3.05. The van der Waals surface area contributed by atoms with Crippen LogP contribution in [0.2, 0.25) is 0 Å². The van der Waals surface area contributed by atoms with E-state index in [-0.39, 0.29) is 11.2 Å². The van der Waals surface area contributed by atoms with Crippen molar-refractivity contribution in [3.05, 3.63) is 59.7 Å². The van der Waals surface area contributed by atoms with Gasteiger partial charge in [0.25, 0.3) is 0 Å². The minimum absolute atomic E-state index is 0.128. The van der Waals surface area contributed by atoms with Crippen molar-refractivity contribution in [1.29, 1.82) is 0 Å². The summed E-state index contributed by atoms with van der Waals surface area (Å²) in [7, 11) is 0. The van der Waals surface area contributed by atoms with Crippen molar-refractivity contribution in [3.63, 3.8) is 0 Å². The number of benzene rings is 2. The summed E-state index contributed by atoms with van der Waals surface area (Å²) in [4.78, 5) is 0. The van der Waals surface area contributed by atoms with Gasteiger partial charge in [-0.15, -0.1) is 0 Å². The zero-order chi connectivity index (χ0) is 14.7. The SMILES string of the molecule is Fc1cc(F)c(F)c(NC(=S)Nc2ccccc2)c1F. The molecule has 0 heterocycles. The number of anilines is 2. The summed E-state index contributed by atoms with van der Waals surface area (Å²) in [5, 5.41) is 4.53. The minimum Gasteiger partial charge on any atom is -0.332 e. The summed E-state index contributed by atoms with van der Waals surface area (Å²) in [6, 6.07) is 8.65. The van der Waals surface area contributed by atoms with Gasteiger partial charge in [-0.2, -0.15) is 0 Å². The molecular weight excluding hydrogens is 292 g/mol. The lowest BCUT2D eigenvalue weighted by molar-refractivity contribution is 0.459. The maximum Gasteiger partial charge on any atom is 0.185 e. The normalized spacial score (nSPS) is 10.2. The standard InChI is InChI=1S/C13H8F4N2S/c14-8-6-9(15)11(17)12(10(8)16)19-13(20)18-7-4-2-1-3-5-7/h1-6H,(H2,18,19,20). The summed E-state index contributed by atoms with van der Waals surface area (Å²) < 4.78 is 52.8. The molecule has 2 nitrogen and oxygen atoms in total. The van der Waals surface area contributed by atoms with Crippen LogP contribution in [0.15, 0.2) is 36.4 Å². The van der Waals surface area contributed by atoms with Gasteiger partial charge < -0.3 is 10.6 Å². The molecule has 104 valence electrons. The first-order chi connectivity index (χ1) is 9.49. The number of hydrogen-bond donors (Lipinski definition) is 2. The molecule has 0 fully saturated rings. The molecule has 0 saturated carbocycles. The quantitative estimate of drug-likeness (QED) is 0.497. The van der Waals surface area contributed by atoms with E-state index >= 15 is 0 Å². The van der Waals surface area contributed by atoms with Gasteiger partial charge in [-0.3, -0.25) is 0 Å². The topological polar surface area (TPSA) is 24.1 Å². The van der Waals surface area contributed by atoms with Crippen molar-refractivity contribution in [2.75, 3.05) is 10.6 Å². The zero-order valence-electron chi connectivity index (χ0n) is 9.88. The first-order valence-corrected chi connectivity index (χ1v) is 5.86. The van der Waals surface area contributed by atoms with Crippen molar-refractivity contribution in [1.82, 2.24) is 0 Å². The molecule has 0 aliphatic rings. The molecular formula is C13H8F4N2S. The first kappa shape index (κ1) is 14.3. The van der Waals surface area contributed by atoms with Gasteiger partial charge in [-0.05, 0) is 24.4 Å². The van der Waals surface area contributed by atoms with Gasteiger partial charge in [0.1, 0.15) is 5.69 Å². The van der Waals surface area contributed by atoms with Crippen LogP contribution in [0.4, 0.5) is 28.9 Å². The van der Waals surface area contributed by atoms with E-state index in [4.69, 9.17) is 12.2 Å². The second-order valence-corrected chi connectivity index (χ2v) is 4.20. The molecule has 0 bridgehead atoms. The number of para-hydroxylation sites is 1. The van der Waals surface area contributed by atoms with Gasteiger partial charge in [-0.25, -0.2) is 17.6 Å². The van der Waals surface area contributed by atoms with Gasteiger partial charge in [0.05, 0.1) is 0 Å². The Morgan fingerprint density at radius 1 is 0.850 bits per heavy atom. The average molecular weight is 300 g/mol. The lowest BCUT2D eigenvalue weighted by Crippen LogP contribution is -2.21. The molecule has 7 heteroatoms. The lowest BCUT2D eigenvalue weighted by atomic mass is 10.2. The summed E-state index contributed by atoms with van der Waals surface area (Å²) in [6.07, 6.45) is 0. The highest BCUT2D eigenvalue weighted by atomic mass is 32.1. The van der Waals surface area contributed by atoms with Crippen LogP contribution in [0.25, 0.3) is 0 Å². The average Bonchev–Trinajstić information content (AvgIpc) is 2.42. The molecule has 0 aromatic heterocycles. The summed E-state index contributed by atoms with van der Waals surface area (Å²) in [6.45, 7) is 0. The number of halogens is 4. The fourth-order valence-electron chi connectivity index (χ4n) is 1.48. The molecule has 0 amide bonds. The predicted octanol–water partition coefficient (Wildman–Crippen LogP) is 4.05. The van der Waals surface area contributed by atoms with Crippen molar-refractivity contribution in [3.8, 4) is 0 Å². The summed E-state index contributed by atoms with van der Waals surface area (Å²) in [5.41, 5.74) is -0.418. The highest BCUT2D eigenvalue weighted by Crippen LogP contribution is 2.24. The maximum atomic E-state index is 13.4. The molecule has 2 rings (SSSR count). The first-order valence-electron chi connectivity index (χ1n) is 5.45. The van der Waals surface area contributed by atoms with Crippen LogP contribution < -0.4 is 10.6 Å². The van der Waals surface area contributed by atoms with Crippen LogP contribution in [0.3, 0.4) is 0 Å². The highest BCUT2D eigenvalue weighted by Gasteiger charge is 2.19. The second-order valence-electron chi connectivity index (χ2n) is 3.79. The van der Waals surface area contributed by atoms with E-state index in [9.17, 15) is 17.6 Å². The van der Waals surface area contributed by atoms with Crippen molar-refractivity contribution < 1.29 is 17.6 Å². The molecule has 0 aliphatic heterocycles. The largest absolute Gasteiger partial charge is 0.332 e. The van der Waals surface area contributed by atoms with E-state index in [1.807, 2.05) is 0 Å². The highest BCUT2D eigenvalue weighted by molar-refractivity contribution is 7.80. The monoisotopic (exact) mass is 300 g/mol. The van der Waals surface area contributed by atoms with E-state index < -0.39 is 29.0 Å². The number of nitrogens with one attached hydrogen (secondary N) is 2. The van der Waals surface area contributed by atoms with Crippen LogP contribution >= 0.6 is 12.2 Å². The Morgan fingerprint density at radius 3 is 1.95 bits per heavy atom. The molecule has 20 heavy (non-hydrogen) atoms. The summed E-state index contributed by atoms with van der Waals surface area (Å²) >= 11 is 4.82. The number of hydrogen-bond acceptors (Lipinski definition) is 1. The van der Waals surface area contributed by atoms with Crippen LogP contribution in [0.5, 0.6) is 0 Å². The second kappa shape index (κ2) is 5.87. The fraction of sp³-hybridized carbons (Fsp3) is 0. The Kier molecular flexibility index (Phi) is 4.19. The molecule has 0 aliphatic carbocycles. The Balaban J connectivity index is 2.20. The van der Waals surface area contributed by atoms with Gasteiger partial charge in [-0.1, -0.05) is 18.2 Å². The molecule has 2 aromatic rings.